The molecule has 1 saturated heterocycles. The Kier molecular flexibility index (Phi) is 3.61. The largest absolute Gasteiger partial charge is 0.316 e. The number of nitrogens with one attached hydrogen (secondary N) is 1. The second kappa shape index (κ2) is 4.75. The van der Waals surface area contributed by atoms with Gasteiger partial charge >= 0.3 is 0 Å². The molecule has 0 amide bonds. The summed E-state index contributed by atoms with van der Waals surface area (Å²) in [6.45, 7) is 4.50. The van der Waals surface area contributed by atoms with Crippen LogP contribution in [0.5, 0.6) is 0 Å². The molecule has 2 aliphatic rings. The topological polar surface area (TPSA) is 29.1 Å². The van der Waals surface area contributed by atoms with Crippen molar-refractivity contribution in [3.05, 3.63) is 0 Å². The maximum absolute atomic E-state index is 12.0. The fraction of sp³-hybridized carbons (Fsp3) is 1.00. The second-order valence-electron chi connectivity index (χ2n) is 4.95. The third kappa shape index (κ3) is 2.57. The molecule has 1 N–H and O–H groups in total. The van der Waals surface area contributed by atoms with E-state index in [-0.39, 0.29) is 0 Å². The van der Waals surface area contributed by atoms with Crippen LogP contribution < -0.4 is 5.32 Å². The molecule has 2 nitrogen and oxygen atoms in total. The lowest BCUT2D eigenvalue weighted by Crippen LogP contribution is -2.45. The molecule has 1 heterocycles. The molecule has 0 radical (unpaired) electrons. The normalized spacial score (nSPS) is 36.4. The molecule has 3 heteroatoms. The number of hydrogen-bond donors (Lipinski definition) is 1. The zero-order chi connectivity index (χ0) is 9.97. The molecule has 0 spiro atoms. The molecule has 14 heavy (non-hydrogen) atoms. The summed E-state index contributed by atoms with van der Waals surface area (Å²) in [6.07, 6.45) is 4.99. The zero-order valence-electron chi connectivity index (χ0n) is 9.00. The first-order valence-electron chi connectivity index (χ1n) is 5.83. The van der Waals surface area contributed by atoms with Crippen LogP contribution in [0, 0.1) is 11.8 Å². The van der Waals surface area contributed by atoms with E-state index in [1.165, 1.54) is 25.7 Å². The first kappa shape index (κ1) is 10.6. The van der Waals surface area contributed by atoms with Gasteiger partial charge in [-0.1, -0.05) is 6.92 Å². The molecule has 0 aromatic rings. The molecule has 1 aliphatic heterocycles. The minimum atomic E-state index is -0.540. The van der Waals surface area contributed by atoms with Crippen LogP contribution in [0.25, 0.3) is 0 Å². The van der Waals surface area contributed by atoms with Crippen molar-refractivity contribution in [3.8, 4) is 0 Å². The smallest absolute Gasteiger partial charge is 0.0348 e. The molecule has 1 saturated carbocycles. The van der Waals surface area contributed by atoms with E-state index in [1.54, 1.807) is 0 Å². The van der Waals surface area contributed by atoms with Gasteiger partial charge in [-0.05, 0) is 37.5 Å². The second-order valence-corrected chi connectivity index (χ2v) is 6.72. The predicted octanol–water partition coefficient (Wildman–Crippen LogP) is 1.53. The zero-order valence-corrected chi connectivity index (χ0v) is 9.81. The van der Waals surface area contributed by atoms with Crippen molar-refractivity contribution < 1.29 is 4.21 Å². The van der Waals surface area contributed by atoms with Crippen molar-refractivity contribution in [1.29, 1.82) is 0 Å². The van der Waals surface area contributed by atoms with Crippen molar-refractivity contribution in [2.24, 2.45) is 11.8 Å². The van der Waals surface area contributed by atoms with E-state index < -0.39 is 10.8 Å². The Morgan fingerprint density at radius 3 is 2.36 bits per heavy atom. The van der Waals surface area contributed by atoms with E-state index in [0.29, 0.717) is 11.2 Å². The number of hydrogen-bond acceptors (Lipinski definition) is 2. The Labute approximate surface area is 89.3 Å². The average molecular weight is 215 g/mol. The van der Waals surface area contributed by atoms with Crippen molar-refractivity contribution in [3.63, 3.8) is 0 Å². The fourth-order valence-electron chi connectivity index (χ4n) is 2.33. The predicted molar refractivity (Wildman–Crippen MR) is 60.8 cm³/mol. The minimum Gasteiger partial charge on any atom is -0.316 e. The van der Waals surface area contributed by atoms with Gasteiger partial charge < -0.3 is 5.32 Å². The van der Waals surface area contributed by atoms with Crippen molar-refractivity contribution in [1.82, 2.24) is 5.32 Å². The van der Waals surface area contributed by atoms with E-state index >= 15 is 0 Å². The fourth-order valence-corrected chi connectivity index (χ4v) is 4.10. The van der Waals surface area contributed by atoms with Crippen LogP contribution in [0.3, 0.4) is 0 Å². The van der Waals surface area contributed by atoms with E-state index in [2.05, 4.69) is 12.2 Å². The molecule has 1 unspecified atom stereocenters. The Hall–Kier alpha value is 0.110. The summed E-state index contributed by atoms with van der Waals surface area (Å²) in [6, 6.07) is 0. The van der Waals surface area contributed by atoms with Crippen LogP contribution in [0.15, 0.2) is 0 Å². The highest BCUT2D eigenvalue weighted by molar-refractivity contribution is 7.85. The van der Waals surface area contributed by atoms with Gasteiger partial charge in [0.15, 0.2) is 0 Å². The molecule has 0 aromatic heterocycles. The Morgan fingerprint density at radius 1 is 1.21 bits per heavy atom. The summed E-state index contributed by atoms with van der Waals surface area (Å²) < 4.78 is 12.0. The van der Waals surface area contributed by atoms with Crippen molar-refractivity contribution >= 4 is 10.8 Å². The monoisotopic (exact) mass is 215 g/mol. The van der Waals surface area contributed by atoms with E-state index in [0.717, 1.165) is 24.8 Å². The molecule has 2 rings (SSSR count). The SMILES string of the molecule is CC1CCC(S(=O)CC2CNC2)CC1. The third-order valence-corrected chi connectivity index (χ3v) is 5.62. The van der Waals surface area contributed by atoms with Gasteiger partial charge in [-0.15, -0.1) is 0 Å². The Morgan fingerprint density at radius 2 is 1.86 bits per heavy atom. The van der Waals surface area contributed by atoms with Gasteiger partial charge in [0.25, 0.3) is 0 Å². The van der Waals surface area contributed by atoms with Crippen LogP contribution >= 0.6 is 0 Å². The van der Waals surface area contributed by atoms with Crippen LogP contribution in [-0.2, 0) is 10.8 Å². The van der Waals surface area contributed by atoms with Gasteiger partial charge in [-0.25, -0.2) is 0 Å². The van der Waals surface area contributed by atoms with Gasteiger partial charge in [0.2, 0.25) is 0 Å². The molecule has 0 bridgehead atoms. The summed E-state index contributed by atoms with van der Waals surface area (Å²) in [7, 11) is -0.540. The summed E-state index contributed by atoms with van der Waals surface area (Å²) in [4.78, 5) is 0. The summed E-state index contributed by atoms with van der Waals surface area (Å²) in [5, 5.41) is 3.76. The van der Waals surface area contributed by atoms with E-state index in [4.69, 9.17) is 0 Å². The highest BCUT2D eigenvalue weighted by Gasteiger charge is 2.27. The molecular weight excluding hydrogens is 194 g/mol. The lowest BCUT2D eigenvalue weighted by Gasteiger charge is -2.30. The molecule has 1 aliphatic carbocycles. The quantitative estimate of drug-likeness (QED) is 0.773. The van der Waals surface area contributed by atoms with Crippen molar-refractivity contribution in [2.45, 2.75) is 37.9 Å². The number of rotatable bonds is 3. The average Bonchev–Trinajstić information content (AvgIpc) is 2.12. The lowest BCUT2D eigenvalue weighted by molar-refractivity contribution is 0.372. The Bertz CT molecular complexity index is 207. The van der Waals surface area contributed by atoms with Crippen molar-refractivity contribution in [2.75, 3.05) is 18.8 Å². The summed E-state index contributed by atoms with van der Waals surface area (Å²) >= 11 is 0. The maximum atomic E-state index is 12.0. The summed E-state index contributed by atoms with van der Waals surface area (Å²) in [5.74, 6) is 2.52. The Balaban J connectivity index is 1.74. The first-order chi connectivity index (χ1) is 6.75. The van der Waals surface area contributed by atoms with Gasteiger partial charge in [-0.2, -0.15) is 0 Å². The van der Waals surface area contributed by atoms with Crippen LogP contribution in [0.2, 0.25) is 0 Å². The highest BCUT2D eigenvalue weighted by Crippen LogP contribution is 2.27. The standard InChI is InChI=1S/C11H21NOS/c1-9-2-4-11(5-3-9)14(13)8-10-6-12-7-10/h9-12H,2-8H2,1H3. The summed E-state index contributed by atoms with van der Waals surface area (Å²) in [5.41, 5.74) is 0. The lowest BCUT2D eigenvalue weighted by atomic mass is 9.91. The van der Waals surface area contributed by atoms with Crippen LogP contribution in [0.1, 0.15) is 32.6 Å². The van der Waals surface area contributed by atoms with Gasteiger partial charge in [-0.3, -0.25) is 4.21 Å². The molecular formula is C11H21NOS. The van der Waals surface area contributed by atoms with Gasteiger partial charge in [0.05, 0.1) is 0 Å². The van der Waals surface area contributed by atoms with Gasteiger partial charge in [0.1, 0.15) is 0 Å². The maximum Gasteiger partial charge on any atom is 0.0348 e. The molecule has 1 atom stereocenters. The van der Waals surface area contributed by atoms with Crippen LogP contribution in [0.4, 0.5) is 0 Å². The molecule has 82 valence electrons. The first-order valence-corrected chi connectivity index (χ1v) is 7.22. The minimum absolute atomic E-state index is 0.520. The van der Waals surface area contributed by atoms with E-state index in [1.807, 2.05) is 0 Å². The van der Waals surface area contributed by atoms with E-state index in [9.17, 15) is 4.21 Å². The third-order valence-electron chi connectivity index (χ3n) is 3.60. The van der Waals surface area contributed by atoms with Gasteiger partial charge in [0, 0.05) is 34.9 Å². The molecule has 0 aromatic carbocycles. The molecule has 2 fully saturated rings. The highest BCUT2D eigenvalue weighted by atomic mass is 32.2. The van der Waals surface area contributed by atoms with Crippen LogP contribution in [-0.4, -0.2) is 28.3 Å².